The van der Waals surface area contributed by atoms with Crippen molar-refractivity contribution in [2.75, 3.05) is 59.2 Å². The van der Waals surface area contributed by atoms with Crippen molar-refractivity contribution in [3.63, 3.8) is 0 Å². The Balaban J connectivity index is 2.46. The molecule has 0 amide bonds. The van der Waals surface area contributed by atoms with Gasteiger partial charge < -0.3 is 15.0 Å². The van der Waals surface area contributed by atoms with Crippen LogP contribution in [0.1, 0.15) is 20.3 Å². The summed E-state index contributed by atoms with van der Waals surface area (Å²) in [6, 6.07) is 0. The van der Waals surface area contributed by atoms with Crippen LogP contribution in [-0.2, 0) is 14.8 Å². The highest BCUT2D eigenvalue weighted by Crippen LogP contribution is 2.16. The van der Waals surface area contributed by atoms with Gasteiger partial charge in [-0.2, -0.15) is 0 Å². The van der Waals surface area contributed by atoms with Gasteiger partial charge in [0.05, 0.1) is 12.4 Å². The van der Waals surface area contributed by atoms with E-state index in [4.69, 9.17) is 4.74 Å². The zero-order chi connectivity index (χ0) is 16.6. The van der Waals surface area contributed by atoms with E-state index in [1.807, 2.05) is 13.8 Å². The van der Waals surface area contributed by atoms with E-state index < -0.39 is 10.0 Å². The molecule has 1 rings (SSSR count). The number of methoxy groups -OCH3 is 1. The number of likely N-dealkylation sites (tertiary alicyclic amines) is 1. The third kappa shape index (κ3) is 5.40. The third-order valence-electron chi connectivity index (χ3n) is 3.94. The average Bonchev–Trinajstić information content (AvgIpc) is 2.93. The maximum atomic E-state index is 12.1. The van der Waals surface area contributed by atoms with E-state index in [0.717, 1.165) is 32.1 Å². The van der Waals surface area contributed by atoms with E-state index in [1.165, 1.54) is 4.31 Å². The summed E-state index contributed by atoms with van der Waals surface area (Å²) in [6.45, 7) is 7.69. The highest BCUT2D eigenvalue weighted by atomic mass is 32.2. The van der Waals surface area contributed by atoms with E-state index in [2.05, 4.69) is 15.2 Å². The van der Waals surface area contributed by atoms with E-state index >= 15 is 0 Å². The van der Waals surface area contributed by atoms with E-state index in [-0.39, 0.29) is 5.75 Å². The van der Waals surface area contributed by atoms with Crippen LogP contribution >= 0.6 is 0 Å². The molecule has 0 radical (unpaired) electrons. The van der Waals surface area contributed by atoms with Crippen molar-refractivity contribution in [2.24, 2.45) is 10.9 Å². The van der Waals surface area contributed by atoms with Crippen LogP contribution in [0.2, 0.25) is 0 Å². The Morgan fingerprint density at radius 3 is 2.64 bits per heavy atom. The predicted molar refractivity (Wildman–Crippen MR) is 89.6 cm³/mol. The van der Waals surface area contributed by atoms with Gasteiger partial charge in [0.2, 0.25) is 10.0 Å². The van der Waals surface area contributed by atoms with Crippen LogP contribution in [0.3, 0.4) is 0 Å². The van der Waals surface area contributed by atoms with Gasteiger partial charge in [-0.05, 0) is 6.42 Å². The molecule has 8 heteroatoms. The Bertz CT molecular complexity index is 449. The van der Waals surface area contributed by atoms with Crippen molar-refractivity contribution >= 4 is 16.0 Å². The minimum absolute atomic E-state index is 0.0863. The number of ether oxygens (including phenoxy) is 1. The molecule has 1 fully saturated rings. The van der Waals surface area contributed by atoms with Gasteiger partial charge in [-0.1, -0.05) is 13.8 Å². The molecule has 130 valence electrons. The summed E-state index contributed by atoms with van der Waals surface area (Å²) in [4.78, 5) is 6.41. The number of aliphatic imine (C=N–C) groups is 1. The van der Waals surface area contributed by atoms with Crippen LogP contribution in [-0.4, -0.2) is 82.8 Å². The molecular weight excluding hydrogens is 304 g/mol. The molecule has 1 aliphatic rings. The second-order valence-corrected chi connectivity index (χ2v) is 7.52. The lowest BCUT2D eigenvalue weighted by Crippen LogP contribution is -2.43. The van der Waals surface area contributed by atoms with Crippen LogP contribution in [0.5, 0.6) is 0 Å². The Hall–Kier alpha value is -0.860. The molecule has 0 aliphatic carbocycles. The molecule has 0 spiro atoms. The SMILES string of the molecule is CCN(CC)S(=O)(=O)CCNC(=NC)N1CCC(COC)C1. The largest absolute Gasteiger partial charge is 0.384 e. The quantitative estimate of drug-likeness (QED) is 0.507. The number of hydrogen-bond acceptors (Lipinski definition) is 4. The van der Waals surface area contributed by atoms with Crippen molar-refractivity contribution in [3.8, 4) is 0 Å². The molecule has 1 unspecified atom stereocenters. The molecule has 1 N–H and O–H groups in total. The van der Waals surface area contributed by atoms with Gasteiger partial charge in [-0.25, -0.2) is 12.7 Å². The van der Waals surface area contributed by atoms with Crippen molar-refractivity contribution in [1.29, 1.82) is 0 Å². The summed E-state index contributed by atoms with van der Waals surface area (Å²) in [5.41, 5.74) is 0. The number of nitrogens with one attached hydrogen (secondary N) is 1. The zero-order valence-corrected chi connectivity index (χ0v) is 15.0. The number of rotatable bonds is 8. The fraction of sp³-hybridized carbons (Fsp3) is 0.929. The number of nitrogens with zero attached hydrogens (tertiary/aromatic N) is 3. The lowest BCUT2D eigenvalue weighted by atomic mass is 10.1. The highest BCUT2D eigenvalue weighted by molar-refractivity contribution is 7.89. The lowest BCUT2D eigenvalue weighted by molar-refractivity contribution is 0.157. The standard InChI is InChI=1S/C14H30N4O3S/c1-5-18(6-2)22(19,20)10-8-16-14(15-3)17-9-7-13(11-17)12-21-4/h13H,5-12H2,1-4H3,(H,15,16). The molecule has 0 aromatic rings. The van der Waals surface area contributed by atoms with Gasteiger partial charge in [-0.3, -0.25) is 4.99 Å². The van der Waals surface area contributed by atoms with Crippen LogP contribution in [0.15, 0.2) is 4.99 Å². The Morgan fingerprint density at radius 2 is 2.09 bits per heavy atom. The first-order chi connectivity index (χ1) is 10.5. The second kappa shape index (κ2) is 9.32. The van der Waals surface area contributed by atoms with Gasteiger partial charge >= 0.3 is 0 Å². The molecule has 1 aliphatic heterocycles. The van der Waals surface area contributed by atoms with Crippen LogP contribution in [0, 0.1) is 5.92 Å². The van der Waals surface area contributed by atoms with Gasteiger partial charge in [0.15, 0.2) is 5.96 Å². The van der Waals surface area contributed by atoms with E-state index in [0.29, 0.717) is 25.6 Å². The molecule has 22 heavy (non-hydrogen) atoms. The minimum atomic E-state index is -3.19. The van der Waals surface area contributed by atoms with Crippen molar-refractivity contribution in [1.82, 2.24) is 14.5 Å². The summed E-state index contributed by atoms with van der Waals surface area (Å²) in [5.74, 6) is 1.37. The summed E-state index contributed by atoms with van der Waals surface area (Å²) in [6.07, 6.45) is 1.08. The van der Waals surface area contributed by atoms with Gasteiger partial charge in [0, 0.05) is 52.8 Å². The first-order valence-electron chi connectivity index (χ1n) is 7.90. The second-order valence-electron chi connectivity index (χ2n) is 5.43. The van der Waals surface area contributed by atoms with Gasteiger partial charge in [-0.15, -0.1) is 0 Å². The predicted octanol–water partition coefficient (Wildman–Crippen LogP) is 0.202. The number of hydrogen-bond donors (Lipinski definition) is 1. The van der Waals surface area contributed by atoms with E-state index in [9.17, 15) is 8.42 Å². The summed E-state index contributed by atoms with van der Waals surface area (Å²) in [5, 5.41) is 3.16. The average molecular weight is 334 g/mol. The smallest absolute Gasteiger partial charge is 0.215 e. The summed E-state index contributed by atoms with van der Waals surface area (Å²) < 4.78 is 31.0. The maximum Gasteiger partial charge on any atom is 0.215 e. The summed E-state index contributed by atoms with van der Waals surface area (Å²) in [7, 11) is 0.251. The molecule has 0 aromatic heterocycles. The minimum Gasteiger partial charge on any atom is -0.384 e. The number of guanidine groups is 1. The first-order valence-corrected chi connectivity index (χ1v) is 9.51. The van der Waals surface area contributed by atoms with E-state index in [1.54, 1.807) is 14.2 Å². The van der Waals surface area contributed by atoms with Crippen molar-refractivity contribution < 1.29 is 13.2 Å². The fourth-order valence-corrected chi connectivity index (χ4v) is 4.17. The van der Waals surface area contributed by atoms with Gasteiger partial charge in [0.25, 0.3) is 0 Å². The topological polar surface area (TPSA) is 74.2 Å². The van der Waals surface area contributed by atoms with Crippen molar-refractivity contribution in [3.05, 3.63) is 0 Å². The molecule has 1 atom stereocenters. The molecule has 1 saturated heterocycles. The van der Waals surface area contributed by atoms with Crippen LogP contribution in [0.25, 0.3) is 0 Å². The first kappa shape index (κ1) is 19.2. The monoisotopic (exact) mass is 334 g/mol. The molecule has 0 aromatic carbocycles. The molecule has 1 heterocycles. The molecule has 7 nitrogen and oxygen atoms in total. The highest BCUT2D eigenvalue weighted by Gasteiger charge is 2.25. The number of sulfonamides is 1. The molecular formula is C14H30N4O3S. The normalized spacial score (nSPS) is 20.0. The fourth-order valence-electron chi connectivity index (χ4n) is 2.77. The molecule has 0 bridgehead atoms. The summed E-state index contributed by atoms with van der Waals surface area (Å²) >= 11 is 0. The Kier molecular flexibility index (Phi) is 8.13. The molecule has 0 saturated carbocycles. The Labute approximate surface area is 134 Å². The third-order valence-corrected chi connectivity index (χ3v) is 5.96. The lowest BCUT2D eigenvalue weighted by Gasteiger charge is -2.23. The van der Waals surface area contributed by atoms with Gasteiger partial charge in [0.1, 0.15) is 0 Å². The van der Waals surface area contributed by atoms with Crippen LogP contribution < -0.4 is 5.32 Å². The maximum absolute atomic E-state index is 12.1. The Morgan fingerprint density at radius 1 is 1.41 bits per heavy atom. The zero-order valence-electron chi connectivity index (χ0n) is 14.2. The van der Waals surface area contributed by atoms with Crippen LogP contribution in [0.4, 0.5) is 0 Å². The van der Waals surface area contributed by atoms with Crippen molar-refractivity contribution in [2.45, 2.75) is 20.3 Å².